The molecule has 0 unspecified atom stereocenters. The summed E-state index contributed by atoms with van der Waals surface area (Å²) in [5.74, 6) is -0.0500. The molecule has 2 heterocycles. The maximum atomic E-state index is 12.7. The lowest BCUT2D eigenvalue weighted by Crippen LogP contribution is -2.31. The highest BCUT2D eigenvalue weighted by Gasteiger charge is 2.24. The van der Waals surface area contributed by atoms with Gasteiger partial charge in [0.2, 0.25) is 10.1 Å². The Hall–Kier alpha value is -1.95. The van der Waals surface area contributed by atoms with Gasteiger partial charge in [-0.3, -0.25) is 4.79 Å². The average Bonchev–Trinajstić information content (AvgIpc) is 2.86. The molecule has 0 saturated carbocycles. The topological polar surface area (TPSA) is 58.1 Å². The summed E-state index contributed by atoms with van der Waals surface area (Å²) in [5.41, 5.74) is 2.25. The van der Waals surface area contributed by atoms with Crippen LogP contribution in [0.25, 0.3) is 0 Å². The standard InChI is InChI=1S/C15H18N4OS/c1-2-16-15-18-17-13(21-15)14(20)19-10-6-5-8-11-7-3-4-9-12(11)19/h3-4,7,9H,2,5-6,8,10H2,1H3,(H,16,18). The van der Waals surface area contributed by atoms with Crippen molar-refractivity contribution in [2.45, 2.75) is 26.2 Å². The van der Waals surface area contributed by atoms with E-state index in [0.29, 0.717) is 10.1 Å². The molecule has 1 aliphatic heterocycles. The molecule has 0 spiro atoms. The second kappa shape index (κ2) is 6.22. The Balaban J connectivity index is 1.89. The maximum Gasteiger partial charge on any atom is 0.289 e. The normalized spacial score (nSPS) is 14.4. The van der Waals surface area contributed by atoms with E-state index in [1.54, 1.807) is 0 Å². The van der Waals surface area contributed by atoms with E-state index in [9.17, 15) is 4.79 Å². The summed E-state index contributed by atoms with van der Waals surface area (Å²) in [6.07, 6.45) is 3.15. The maximum absolute atomic E-state index is 12.7. The van der Waals surface area contributed by atoms with Crippen molar-refractivity contribution in [3.63, 3.8) is 0 Å². The number of carbonyl (C=O) groups is 1. The van der Waals surface area contributed by atoms with Crippen molar-refractivity contribution in [3.8, 4) is 0 Å². The lowest BCUT2D eigenvalue weighted by atomic mass is 10.1. The van der Waals surface area contributed by atoms with E-state index >= 15 is 0 Å². The summed E-state index contributed by atoms with van der Waals surface area (Å²) in [6, 6.07) is 8.13. The molecule has 0 bridgehead atoms. The zero-order valence-electron chi connectivity index (χ0n) is 12.0. The van der Waals surface area contributed by atoms with Crippen LogP contribution >= 0.6 is 11.3 Å². The second-order valence-electron chi connectivity index (χ2n) is 4.99. The minimum atomic E-state index is -0.0500. The summed E-state index contributed by atoms with van der Waals surface area (Å²) >= 11 is 1.32. The number of carbonyl (C=O) groups excluding carboxylic acids is 1. The number of fused-ring (bicyclic) bond motifs is 1. The molecule has 110 valence electrons. The third-order valence-corrected chi connectivity index (χ3v) is 4.41. The van der Waals surface area contributed by atoms with Gasteiger partial charge in [-0.1, -0.05) is 29.5 Å². The van der Waals surface area contributed by atoms with Gasteiger partial charge in [0.15, 0.2) is 0 Å². The van der Waals surface area contributed by atoms with Gasteiger partial charge in [0.25, 0.3) is 5.91 Å². The highest BCUT2D eigenvalue weighted by Crippen LogP contribution is 2.28. The lowest BCUT2D eigenvalue weighted by Gasteiger charge is -2.21. The summed E-state index contributed by atoms with van der Waals surface area (Å²) < 4.78 is 0. The molecular formula is C15H18N4OS. The number of hydrogen-bond acceptors (Lipinski definition) is 5. The van der Waals surface area contributed by atoms with Crippen LogP contribution in [0.1, 0.15) is 35.1 Å². The van der Waals surface area contributed by atoms with E-state index in [4.69, 9.17) is 0 Å². The molecule has 2 aromatic rings. The van der Waals surface area contributed by atoms with Gasteiger partial charge in [-0.2, -0.15) is 0 Å². The summed E-state index contributed by atoms with van der Waals surface area (Å²) in [5, 5.41) is 12.3. The first-order valence-electron chi connectivity index (χ1n) is 7.26. The van der Waals surface area contributed by atoms with Crippen LogP contribution in [0, 0.1) is 0 Å². The Morgan fingerprint density at radius 1 is 1.33 bits per heavy atom. The van der Waals surface area contributed by atoms with E-state index in [0.717, 1.165) is 38.0 Å². The summed E-state index contributed by atoms with van der Waals surface area (Å²) in [4.78, 5) is 14.6. The SMILES string of the molecule is CCNc1nnc(C(=O)N2CCCCc3ccccc32)s1. The van der Waals surface area contributed by atoms with Gasteiger partial charge in [0.05, 0.1) is 0 Å². The van der Waals surface area contributed by atoms with E-state index in [1.165, 1.54) is 16.9 Å². The number of amides is 1. The van der Waals surface area contributed by atoms with Crippen LogP contribution in [0.3, 0.4) is 0 Å². The molecule has 1 aromatic carbocycles. The van der Waals surface area contributed by atoms with Crippen LogP contribution in [0.4, 0.5) is 10.8 Å². The van der Waals surface area contributed by atoms with Crippen LogP contribution < -0.4 is 10.2 Å². The van der Waals surface area contributed by atoms with Crippen LogP contribution in [0.5, 0.6) is 0 Å². The van der Waals surface area contributed by atoms with Crippen molar-refractivity contribution in [2.75, 3.05) is 23.3 Å². The predicted molar refractivity (Wildman–Crippen MR) is 85.1 cm³/mol. The van der Waals surface area contributed by atoms with E-state index in [-0.39, 0.29) is 5.91 Å². The highest BCUT2D eigenvalue weighted by molar-refractivity contribution is 7.17. The molecule has 6 heteroatoms. The Morgan fingerprint density at radius 3 is 3.05 bits per heavy atom. The van der Waals surface area contributed by atoms with E-state index < -0.39 is 0 Å². The molecule has 1 aromatic heterocycles. The van der Waals surface area contributed by atoms with Crippen LogP contribution in [-0.2, 0) is 6.42 Å². The Morgan fingerprint density at radius 2 is 2.19 bits per heavy atom. The number of aromatic nitrogens is 2. The van der Waals surface area contributed by atoms with Gasteiger partial charge in [-0.15, -0.1) is 10.2 Å². The van der Waals surface area contributed by atoms with Gasteiger partial charge >= 0.3 is 0 Å². The van der Waals surface area contributed by atoms with Crippen molar-refractivity contribution in [2.24, 2.45) is 0 Å². The molecule has 0 radical (unpaired) electrons. The summed E-state index contributed by atoms with van der Waals surface area (Å²) in [7, 11) is 0. The fraction of sp³-hybridized carbons (Fsp3) is 0.400. The van der Waals surface area contributed by atoms with Gasteiger partial charge < -0.3 is 10.2 Å². The van der Waals surface area contributed by atoms with Crippen LogP contribution in [0.15, 0.2) is 24.3 Å². The number of benzene rings is 1. The fourth-order valence-corrected chi connectivity index (χ4v) is 3.31. The van der Waals surface area contributed by atoms with Crippen molar-refractivity contribution < 1.29 is 4.79 Å². The molecular weight excluding hydrogens is 284 g/mol. The van der Waals surface area contributed by atoms with Crippen molar-refractivity contribution in [1.29, 1.82) is 0 Å². The molecule has 1 N–H and O–H groups in total. The Kier molecular flexibility index (Phi) is 4.15. The highest BCUT2D eigenvalue weighted by atomic mass is 32.1. The number of rotatable bonds is 3. The minimum Gasteiger partial charge on any atom is -0.360 e. The van der Waals surface area contributed by atoms with Gasteiger partial charge in [0, 0.05) is 18.8 Å². The van der Waals surface area contributed by atoms with E-state index in [1.807, 2.05) is 30.0 Å². The zero-order valence-corrected chi connectivity index (χ0v) is 12.8. The van der Waals surface area contributed by atoms with Gasteiger partial charge in [-0.05, 0) is 37.8 Å². The molecule has 0 fully saturated rings. The first kappa shape index (κ1) is 14.0. The Bertz CT molecular complexity index is 640. The van der Waals surface area contributed by atoms with Crippen molar-refractivity contribution in [1.82, 2.24) is 10.2 Å². The fourth-order valence-electron chi connectivity index (χ4n) is 2.55. The number of nitrogens with zero attached hydrogens (tertiary/aromatic N) is 3. The summed E-state index contributed by atoms with van der Waals surface area (Å²) in [6.45, 7) is 3.51. The Labute approximate surface area is 128 Å². The van der Waals surface area contributed by atoms with E-state index in [2.05, 4.69) is 21.6 Å². The first-order valence-corrected chi connectivity index (χ1v) is 8.08. The molecule has 1 amide bonds. The smallest absolute Gasteiger partial charge is 0.289 e. The quantitative estimate of drug-likeness (QED) is 0.947. The molecule has 3 rings (SSSR count). The number of para-hydroxylation sites is 1. The number of nitrogens with one attached hydrogen (secondary N) is 1. The lowest BCUT2D eigenvalue weighted by molar-refractivity contribution is 0.0986. The monoisotopic (exact) mass is 302 g/mol. The first-order chi connectivity index (χ1) is 10.3. The largest absolute Gasteiger partial charge is 0.360 e. The molecule has 1 aliphatic rings. The molecule has 5 nitrogen and oxygen atoms in total. The molecule has 21 heavy (non-hydrogen) atoms. The van der Waals surface area contributed by atoms with Crippen molar-refractivity contribution in [3.05, 3.63) is 34.8 Å². The number of anilines is 2. The zero-order chi connectivity index (χ0) is 14.7. The number of aryl methyl sites for hydroxylation is 1. The predicted octanol–water partition coefficient (Wildman–Crippen LogP) is 2.95. The minimum absolute atomic E-state index is 0.0500. The third kappa shape index (κ3) is 2.90. The second-order valence-corrected chi connectivity index (χ2v) is 5.96. The molecule has 0 atom stereocenters. The average molecular weight is 302 g/mol. The van der Waals surface area contributed by atoms with Crippen LogP contribution in [-0.4, -0.2) is 29.2 Å². The molecule has 0 aliphatic carbocycles. The van der Waals surface area contributed by atoms with Crippen LogP contribution in [0.2, 0.25) is 0 Å². The van der Waals surface area contributed by atoms with Gasteiger partial charge in [-0.25, -0.2) is 0 Å². The third-order valence-electron chi connectivity index (χ3n) is 3.54. The molecule has 0 saturated heterocycles. The van der Waals surface area contributed by atoms with Gasteiger partial charge in [0.1, 0.15) is 0 Å². The number of hydrogen-bond donors (Lipinski definition) is 1. The van der Waals surface area contributed by atoms with Crippen molar-refractivity contribution >= 4 is 28.1 Å².